The monoisotopic (exact) mass is 154 g/mol. The standard InChI is InChI=1S/C10H18O/c11-9-5-4-8-10-6-2-1-3-7-10/h2,6,10-11H,1,3-5,7-9H2/t10-/m1/s1. The van der Waals surface area contributed by atoms with E-state index in [1.165, 1.54) is 32.1 Å². The maximum Gasteiger partial charge on any atom is 0.0431 e. The van der Waals surface area contributed by atoms with Gasteiger partial charge in [0.05, 0.1) is 0 Å². The van der Waals surface area contributed by atoms with Crippen molar-refractivity contribution in [1.29, 1.82) is 0 Å². The van der Waals surface area contributed by atoms with Gasteiger partial charge in [-0.15, -0.1) is 0 Å². The summed E-state index contributed by atoms with van der Waals surface area (Å²) in [5.41, 5.74) is 0. The summed E-state index contributed by atoms with van der Waals surface area (Å²) in [6.45, 7) is 0.358. The summed E-state index contributed by atoms with van der Waals surface area (Å²) >= 11 is 0. The lowest BCUT2D eigenvalue weighted by Gasteiger charge is -2.15. The Morgan fingerprint density at radius 3 is 2.91 bits per heavy atom. The number of aliphatic hydroxyl groups excluding tert-OH is 1. The number of hydrogen-bond acceptors (Lipinski definition) is 1. The third-order valence-electron chi connectivity index (χ3n) is 2.34. The van der Waals surface area contributed by atoms with E-state index < -0.39 is 0 Å². The average Bonchev–Trinajstić information content (AvgIpc) is 2.07. The first-order valence-electron chi connectivity index (χ1n) is 4.71. The minimum Gasteiger partial charge on any atom is -0.396 e. The van der Waals surface area contributed by atoms with Crippen LogP contribution in [0.15, 0.2) is 12.2 Å². The highest BCUT2D eigenvalue weighted by molar-refractivity contribution is 4.92. The van der Waals surface area contributed by atoms with Crippen LogP contribution >= 0.6 is 0 Å². The Hall–Kier alpha value is -0.300. The van der Waals surface area contributed by atoms with E-state index in [9.17, 15) is 0 Å². The van der Waals surface area contributed by atoms with E-state index in [1.807, 2.05) is 0 Å². The highest BCUT2D eigenvalue weighted by atomic mass is 16.2. The van der Waals surface area contributed by atoms with Crippen LogP contribution in [0.1, 0.15) is 38.5 Å². The Balaban J connectivity index is 2.05. The van der Waals surface area contributed by atoms with Crippen molar-refractivity contribution in [2.75, 3.05) is 6.61 Å². The minimum absolute atomic E-state index is 0.358. The van der Waals surface area contributed by atoms with Crippen LogP contribution in [0.3, 0.4) is 0 Å². The molecule has 0 saturated heterocycles. The number of hydrogen-bond donors (Lipinski definition) is 1. The van der Waals surface area contributed by atoms with Gasteiger partial charge in [-0.2, -0.15) is 0 Å². The molecule has 0 saturated carbocycles. The second-order valence-corrected chi connectivity index (χ2v) is 3.34. The molecule has 0 aromatic heterocycles. The molecule has 64 valence electrons. The Labute approximate surface area is 69.1 Å². The van der Waals surface area contributed by atoms with Gasteiger partial charge in [-0.25, -0.2) is 0 Å². The van der Waals surface area contributed by atoms with Crippen molar-refractivity contribution in [1.82, 2.24) is 0 Å². The molecule has 0 spiro atoms. The van der Waals surface area contributed by atoms with Gasteiger partial charge in [0.25, 0.3) is 0 Å². The van der Waals surface area contributed by atoms with Crippen molar-refractivity contribution in [2.45, 2.75) is 38.5 Å². The van der Waals surface area contributed by atoms with Crippen LogP contribution in [0.25, 0.3) is 0 Å². The average molecular weight is 154 g/mol. The third-order valence-corrected chi connectivity index (χ3v) is 2.34. The summed E-state index contributed by atoms with van der Waals surface area (Å²) in [7, 11) is 0. The van der Waals surface area contributed by atoms with Crippen LogP contribution in [-0.2, 0) is 0 Å². The lowest BCUT2D eigenvalue weighted by Crippen LogP contribution is -2.00. The van der Waals surface area contributed by atoms with Crippen LogP contribution < -0.4 is 0 Å². The first-order valence-corrected chi connectivity index (χ1v) is 4.71. The van der Waals surface area contributed by atoms with E-state index in [4.69, 9.17) is 5.11 Å². The second kappa shape index (κ2) is 5.36. The minimum atomic E-state index is 0.358. The van der Waals surface area contributed by atoms with Gasteiger partial charge in [0.1, 0.15) is 0 Å². The molecule has 1 N–H and O–H groups in total. The van der Waals surface area contributed by atoms with Gasteiger partial charge in [0, 0.05) is 6.61 Å². The van der Waals surface area contributed by atoms with Crippen LogP contribution in [0.2, 0.25) is 0 Å². The summed E-state index contributed by atoms with van der Waals surface area (Å²) in [5.74, 6) is 0.815. The molecule has 1 rings (SSSR count). The van der Waals surface area contributed by atoms with Crippen molar-refractivity contribution in [2.24, 2.45) is 5.92 Å². The van der Waals surface area contributed by atoms with Crippen LogP contribution in [0, 0.1) is 5.92 Å². The number of rotatable bonds is 4. The predicted molar refractivity (Wildman–Crippen MR) is 47.4 cm³/mol. The Kier molecular flexibility index (Phi) is 4.29. The van der Waals surface area contributed by atoms with E-state index in [0.717, 1.165) is 12.3 Å². The number of aliphatic hydroxyl groups is 1. The third kappa shape index (κ3) is 3.57. The van der Waals surface area contributed by atoms with Crippen molar-refractivity contribution in [3.8, 4) is 0 Å². The quantitative estimate of drug-likeness (QED) is 0.487. The van der Waals surface area contributed by atoms with Crippen molar-refractivity contribution in [3.63, 3.8) is 0 Å². The Morgan fingerprint density at radius 1 is 1.36 bits per heavy atom. The van der Waals surface area contributed by atoms with Crippen LogP contribution in [0.5, 0.6) is 0 Å². The lowest BCUT2D eigenvalue weighted by molar-refractivity contribution is 0.279. The molecule has 1 aliphatic rings. The van der Waals surface area contributed by atoms with E-state index in [2.05, 4.69) is 12.2 Å². The second-order valence-electron chi connectivity index (χ2n) is 3.34. The maximum absolute atomic E-state index is 8.58. The maximum atomic E-state index is 8.58. The van der Waals surface area contributed by atoms with Gasteiger partial charge >= 0.3 is 0 Å². The zero-order valence-electron chi connectivity index (χ0n) is 7.13. The molecule has 0 bridgehead atoms. The summed E-state index contributed by atoms with van der Waals surface area (Å²) in [6, 6.07) is 0. The molecule has 1 aliphatic carbocycles. The molecule has 0 radical (unpaired) electrons. The summed E-state index contributed by atoms with van der Waals surface area (Å²) in [6.07, 6.45) is 12.1. The first kappa shape index (κ1) is 8.79. The molecule has 0 heterocycles. The lowest BCUT2D eigenvalue weighted by atomic mass is 9.91. The fraction of sp³-hybridized carbons (Fsp3) is 0.800. The van der Waals surface area contributed by atoms with Crippen LogP contribution in [-0.4, -0.2) is 11.7 Å². The largest absolute Gasteiger partial charge is 0.396 e. The Morgan fingerprint density at radius 2 is 2.27 bits per heavy atom. The van der Waals surface area contributed by atoms with Gasteiger partial charge in [-0.05, 0) is 38.0 Å². The molecule has 1 nitrogen and oxygen atoms in total. The molecule has 0 aliphatic heterocycles. The molecule has 11 heavy (non-hydrogen) atoms. The molecule has 0 aromatic rings. The molecule has 1 heteroatoms. The van der Waals surface area contributed by atoms with Gasteiger partial charge in [0.2, 0.25) is 0 Å². The molecule has 0 fully saturated rings. The Bertz CT molecular complexity index is 118. The highest BCUT2D eigenvalue weighted by Gasteiger charge is 2.06. The molecule has 0 unspecified atom stereocenters. The molecule has 1 atom stereocenters. The van der Waals surface area contributed by atoms with E-state index in [-0.39, 0.29) is 0 Å². The van der Waals surface area contributed by atoms with Gasteiger partial charge < -0.3 is 5.11 Å². The highest BCUT2D eigenvalue weighted by Crippen LogP contribution is 2.21. The normalized spacial score (nSPS) is 23.9. The summed E-state index contributed by atoms with van der Waals surface area (Å²) in [5, 5.41) is 8.58. The summed E-state index contributed by atoms with van der Waals surface area (Å²) in [4.78, 5) is 0. The first-order chi connectivity index (χ1) is 5.43. The predicted octanol–water partition coefficient (Wildman–Crippen LogP) is 2.51. The van der Waals surface area contributed by atoms with Crippen molar-refractivity contribution < 1.29 is 5.11 Å². The zero-order valence-corrected chi connectivity index (χ0v) is 7.13. The number of allylic oxidation sites excluding steroid dienone is 2. The SMILES string of the molecule is OCCCC[C@@H]1C=CCCC1. The molecular weight excluding hydrogens is 136 g/mol. The fourth-order valence-corrected chi connectivity index (χ4v) is 1.64. The van der Waals surface area contributed by atoms with Crippen molar-refractivity contribution in [3.05, 3.63) is 12.2 Å². The van der Waals surface area contributed by atoms with E-state index in [0.29, 0.717) is 6.61 Å². The van der Waals surface area contributed by atoms with Gasteiger partial charge in [-0.1, -0.05) is 18.6 Å². The zero-order chi connectivity index (χ0) is 7.94. The van der Waals surface area contributed by atoms with E-state index in [1.54, 1.807) is 0 Å². The topological polar surface area (TPSA) is 20.2 Å². The smallest absolute Gasteiger partial charge is 0.0431 e. The van der Waals surface area contributed by atoms with Crippen molar-refractivity contribution >= 4 is 0 Å². The fourth-order valence-electron chi connectivity index (χ4n) is 1.64. The van der Waals surface area contributed by atoms with E-state index >= 15 is 0 Å². The number of unbranched alkanes of at least 4 members (excludes halogenated alkanes) is 1. The van der Waals surface area contributed by atoms with Crippen LogP contribution in [0.4, 0.5) is 0 Å². The van der Waals surface area contributed by atoms with Gasteiger partial charge in [-0.3, -0.25) is 0 Å². The van der Waals surface area contributed by atoms with Gasteiger partial charge in [0.15, 0.2) is 0 Å². The molecular formula is C10H18O. The molecule has 0 aromatic carbocycles. The molecule has 0 amide bonds. The summed E-state index contributed by atoms with van der Waals surface area (Å²) < 4.78 is 0.